The molecule has 3 unspecified atom stereocenters. The molecule has 1 aromatic heterocycles. The summed E-state index contributed by atoms with van der Waals surface area (Å²) in [4.78, 5) is 4.27. The average Bonchev–Trinajstić information content (AvgIpc) is 2.46. The number of pyridine rings is 1. The standard InChI is InChI=1S/C18H30N2/c1-4-15-7-8-17(13-20-14(2)3)18(10-15)11-16-6-5-9-19-12-16/h5-6,9,12,14-15,17-18,20H,4,7-8,10-11,13H2,1-3H3. The second-order valence-electron chi connectivity index (χ2n) is 6.74. The SMILES string of the molecule is CCC1CCC(CNC(C)C)C(Cc2cccnc2)C1. The molecule has 2 heteroatoms. The van der Waals surface area contributed by atoms with E-state index in [0.717, 1.165) is 17.8 Å². The summed E-state index contributed by atoms with van der Waals surface area (Å²) in [6, 6.07) is 4.89. The van der Waals surface area contributed by atoms with E-state index in [1.807, 2.05) is 12.4 Å². The summed E-state index contributed by atoms with van der Waals surface area (Å²) in [6.45, 7) is 8.01. The fourth-order valence-corrected chi connectivity index (χ4v) is 3.52. The molecule has 0 saturated heterocycles. The normalized spacial score (nSPS) is 26.9. The zero-order valence-corrected chi connectivity index (χ0v) is 13.3. The van der Waals surface area contributed by atoms with Gasteiger partial charge < -0.3 is 5.32 Å². The molecule has 0 aliphatic heterocycles. The van der Waals surface area contributed by atoms with Crippen LogP contribution in [0.15, 0.2) is 24.5 Å². The van der Waals surface area contributed by atoms with E-state index < -0.39 is 0 Å². The van der Waals surface area contributed by atoms with Crippen molar-refractivity contribution < 1.29 is 0 Å². The Morgan fingerprint density at radius 3 is 2.80 bits per heavy atom. The lowest BCUT2D eigenvalue weighted by atomic mass is 9.71. The Morgan fingerprint density at radius 1 is 1.30 bits per heavy atom. The predicted molar refractivity (Wildman–Crippen MR) is 85.7 cm³/mol. The van der Waals surface area contributed by atoms with Crippen molar-refractivity contribution in [3.05, 3.63) is 30.1 Å². The Hall–Kier alpha value is -0.890. The first kappa shape index (κ1) is 15.5. The van der Waals surface area contributed by atoms with Crippen LogP contribution >= 0.6 is 0 Å². The van der Waals surface area contributed by atoms with Crippen molar-refractivity contribution in [2.24, 2.45) is 17.8 Å². The van der Waals surface area contributed by atoms with Gasteiger partial charge in [-0.25, -0.2) is 0 Å². The maximum Gasteiger partial charge on any atom is 0.0299 e. The minimum absolute atomic E-state index is 0.595. The van der Waals surface area contributed by atoms with Gasteiger partial charge in [0.05, 0.1) is 0 Å². The van der Waals surface area contributed by atoms with E-state index in [4.69, 9.17) is 0 Å². The van der Waals surface area contributed by atoms with Crippen LogP contribution in [0.25, 0.3) is 0 Å². The van der Waals surface area contributed by atoms with Crippen molar-refractivity contribution in [2.45, 2.75) is 58.9 Å². The van der Waals surface area contributed by atoms with Crippen LogP contribution in [0.5, 0.6) is 0 Å². The molecule has 1 heterocycles. The van der Waals surface area contributed by atoms with E-state index in [9.17, 15) is 0 Å². The van der Waals surface area contributed by atoms with Crippen LogP contribution in [-0.4, -0.2) is 17.6 Å². The van der Waals surface area contributed by atoms with Crippen molar-refractivity contribution in [1.82, 2.24) is 10.3 Å². The van der Waals surface area contributed by atoms with Crippen molar-refractivity contribution in [2.75, 3.05) is 6.54 Å². The summed E-state index contributed by atoms with van der Waals surface area (Å²) >= 11 is 0. The first-order valence-electron chi connectivity index (χ1n) is 8.31. The van der Waals surface area contributed by atoms with Crippen LogP contribution in [0, 0.1) is 17.8 Å². The summed E-state index contributed by atoms with van der Waals surface area (Å²) < 4.78 is 0. The molecule has 2 rings (SSSR count). The third-order valence-corrected chi connectivity index (χ3v) is 4.83. The van der Waals surface area contributed by atoms with E-state index >= 15 is 0 Å². The topological polar surface area (TPSA) is 24.9 Å². The third kappa shape index (κ3) is 4.59. The van der Waals surface area contributed by atoms with Gasteiger partial charge in [0, 0.05) is 18.4 Å². The molecule has 1 aliphatic rings. The Bertz CT molecular complexity index is 374. The lowest BCUT2D eigenvalue weighted by molar-refractivity contribution is 0.169. The predicted octanol–water partition coefficient (Wildman–Crippen LogP) is 4.06. The molecule has 112 valence electrons. The highest BCUT2D eigenvalue weighted by molar-refractivity contribution is 5.10. The molecule has 1 saturated carbocycles. The number of nitrogens with one attached hydrogen (secondary N) is 1. The summed E-state index contributed by atoms with van der Waals surface area (Å²) in [5.41, 5.74) is 1.41. The van der Waals surface area contributed by atoms with Crippen molar-refractivity contribution in [3.8, 4) is 0 Å². The lowest BCUT2D eigenvalue weighted by Gasteiger charge is -2.36. The molecule has 1 aliphatic carbocycles. The molecule has 0 radical (unpaired) electrons. The van der Waals surface area contributed by atoms with Crippen molar-refractivity contribution in [3.63, 3.8) is 0 Å². The Balaban J connectivity index is 1.98. The van der Waals surface area contributed by atoms with Crippen LogP contribution in [0.2, 0.25) is 0 Å². The second-order valence-corrected chi connectivity index (χ2v) is 6.74. The second kappa shape index (κ2) is 7.78. The van der Waals surface area contributed by atoms with Crippen LogP contribution in [0.1, 0.15) is 52.0 Å². The van der Waals surface area contributed by atoms with Crippen LogP contribution in [0.4, 0.5) is 0 Å². The molecule has 1 N–H and O–H groups in total. The summed E-state index contributed by atoms with van der Waals surface area (Å²) in [5.74, 6) is 2.59. The molecule has 0 bridgehead atoms. The lowest BCUT2D eigenvalue weighted by Crippen LogP contribution is -2.36. The zero-order chi connectivity index (χ0) is 14.4. The molecule has 2 nitrogen and oxygen atoms in total. The van der Waals surface area contributed by atoms with Gasteiger partial charge in [0.2, 0.25) is 0 Å². The molecular weight excluding hydrogens is 244 g/mol. The summed E-state index contributed by atoms with van der Waals surface area (Å²) in [5, 5.41) is 3.65. The molecule has 0 amide bonds. The minimum atomic E-state index is 0.595. The van der Waals surface area contributed by atoms with Gasteiger partial charge in [-0.05, 0) is 55.2 Å². The van der Waals surface area contributed by atoms with E-state index in [1.54, 1.807) is 0 Å². The van der Waals surface area contributed by atoms with E-state index in [0.29, 0.717) is 6.04 Å². The zero-order valence-electron chi connectivity index (χ0n) is 13.3. The van der Waals surface area contributed by atoms with Gasteiger partial charge in [0.15, 0.2) is 0 Å². The van der Waals surface area contributed by atoms with Gasteiger partial charge in [0.25, 0.3) is 0 Å². The Labute approximate surface area is 124 Å². The summed E-state index contributed by atoms with van der Waals surface area (Å²) in [7, 11) is 0. The van der Waals surface area contributed by atoms with Crippen molar-refractivity contribution >= 4 is 0 Å². The molecule has 0 spiro atoms. The number of nitrogens with zero attached hydrogens (tertiary/aromatic N) is 1. The fourth-order valence-electron chi connectivity index (χ4n) is 3.52. The van der Waals surface area contributed by atoms with Gasteiger partial charge in [-0.1, -0.05) is 39.7 Å². The first-order chi connectivity index (χ1) is 9.69. The highest BCUT2D eigenvalue weighted by Gasteiger charge is 2.29. The Morgan fingerprint density at radius 2 is 2.15 bits per heavy atom. The van der Waals surface area contributed by atoms with Gasteiger partial charge >= 0.3 is 0 Å². The van der Waals surface area contributed by atoms with Gasteiger partial charge in [-0.2, -0.15) is 0 Å². The molecular formula is C18H30N2. The smallest absolute Gasteiger partial charge is 0.0299 e. The van der Waals surface area contributed by atoms with Gasteiger partial charge in [0.1, 0.15) is 0 Å². The maximum absolute atomic E-state index is 4.27. The number of hydrogen-bond acceptors (Lipinski definition) is 2. The fraction of sp³-hybridized carbons (Fsp3) is 0.722. The average molecular weight is 274 g/mol. The highest BCUT2D eigenvalue weighted by Crippen LogP contribution is 2.37. The number of aromatic nitrogens is 1. The molecule has 1 aromatic rings. The number of rotatable bonds is 6. The first-order valence-corrected chi connectivity index (χ1v) is 8.31. The minimum Gasteiger partial charge on any atom is -0.314 e. The van der Waals surface area contributed by atoms with Crippen molar-refractivity contribution in [1.29, 1.82) is 0 Å². The molecule has 0 aromatic carbocycles. The molecule has 3 atom stereocenters. The maximum atomic E-state index is 4.27. The van der Waals surface area contributed by atoms with Gasteiger partial charge in [-0.15, -0.1) is 0 Å². The highest BCUT2D eigenvalue weighted by atomic mass is 14.9. The van der Waals surface area contributed by atoms with Crippen LogP contribution in [0.3, 0.4) is 0 Å². The van der Waals surface area contributed by atoms with Crippen LogP contribution < -0.4 is 5.32 Å². The van der Waals surface area contributed by atoms with E-state index in [2.05, 4.69) is 43.2 Å². The molecule has 20 heavy (non-hydrogen) atoms. The van der Waals surface area contributed by atoms with E-state index in [1.165, 1.54) is 44.2 Å². The monoisotopic (exact) mass is 274 g/mol. The third-order valence-electron chi connectivity index (χ3n) is 4.83. The van der Waals surface area contributed by atoms with E-state index in [-0.39, 0.29) is 0 Å². The molecule has 1 fully saturated rings. The quantitative estimate of drug-likeness (QED) is 0.846. The Kier molecular flexibility index (Phi) is 6.03. The number of hydrogen-bond donors (Lipinski definition) is 1. The summed E-state index contributed by atoms with van der Waals surface area (Å²) in [6.07, 6.45) is 10.7. The largest absolute Gasteiger partial charge is 0.314 e. The van der Waals surface area contributed by atoms with Crippen LogP contribution in [-0.2, 0) is 6.42 Å². The van der Waals surface area contributed by atoms with Gasteiger partial charge in [-0.3, -0.25) is 4.98 Å².